The normalized spacial score (nSPS) is 24.2. The number of nitrogens with one attached hydrogen (secondary N) is 2. The van der Waals surface area contributed by atoms with Gasteiger partial charge in [-0.3, -0.25) is 4.68 Å². The van der Waals surface area contributed by atoms with E-state index in [1.807, 2.05) is 19.4 Å². The fraction of sp³-hybridized carbons (Fsp3) is 0.708. The maximum absolute atomic E-state index is 4.87. The van der Waals surface area contributed by atoms with E-state index >= 15 is 0 Å². The van der Waals surface area contributed by atoms with E-state index in [-0.39, 0.29) is 0 Å². The quantitative estimate of drug-likeness (QED) is 0.746. The predicted octanol–water partition coefficient (Wildman–Crippen LogP) is 4.65. The number of fused-ring (bicyclic) bond motifs is 3. The van der Waals surface area contributed by atoms with Crippen LogP contribution in [0.1, 0.15) is 70.6 Å². The minimum atomic E-state index is 0.542. The number of aryl methyl sites for hydroxylation is 1. The Morgan fingerprint density at radius 2 is 1.77 bits per heavy atom. The van der Waals surface area contributed by atoms with Gasteiger partial charge in [0.05, 0.1) is 11.9 Å². The fourth-order valence-corrected chi connectivity index (χ4v) is 4.99. The van der Waals surface area contributed by atoms with Gasteiger partial charge in [-0.2, -0.15) is 10.1 Å². The molecular formula is C24H39N7. The van der Waals surface area contributed by atoms with Crippen LogP contribution >= 0.6 is 0 Å². The zero-order valence-corrected chi connectivity index (χ0v) is 19.1. The fourth-order valence-electron chi connectivity index (χ4n) is 4.99. The topological polar surface area (TPSA) is 70.9 Å². The summed E-state index contributed by atoms with van der Waals surface area (Å²) in [6, 6.07) is 2.60. The van der Waals surface area contributed by atoms with E-state index in [1.54, 1.807) is 10.9 Å². The Morgan fingerprint density at radius 3 is 2.58 bits per heavy atom. The van der Waals surface area contributed by atoms with Gasteiger partial charge in [0.15, 0.2) is 0 Å². The van der Waals surface area contributed by atoms with E-state index < -0.39 is 0 Å². The molecule has 0 aliphatic carbocycles. The van der Waals surface area contributed by atoms with Crippen molar-refractivity contribution in [2.24, 2.45) is 13.0 Å². The third-order valence-electron chi connectivity index (χ3n) is 6.74. The van der Waals surface area contributed by atoms with Gasteiger partial charge in [-0.1, -0.05) is 44.9 Å². The smallest absolute Gasteiger partial charge is 0.229 e. The molecule has 2 aromatic rings. The first kappa shape index (κ1) is 22.1. The summed E-state index contributed by atoms with van der Waals surface area (Å²) >= 11 is 0. The molecule has 2 bridgehead atoms. The van der Waals surface area contributed by atoms with Crippen LogP contribution in [0.2, 0.25) is 0 Å². The molecule has 7 nitrogen and oxygen atoms in total. The monoisotopic (exact) mass is 425 g/mol. The first-order chi connectivity index (χ1) is 15.3. The van der Waals surface area contributed by atoms with Crippen molar-refractivity contribution in [3.8, 4) is 0 Å². The summed E-state index contributed by atoms with van der Waals surface area (Å²) in [4.78, 5) is 11.8. The molecule has 4 heterocycles. The Bertz CT molecular complexity index is 768. The average Bonchev–Trinajstić information content (AvgIpc) is 3.06. The van der Waals surface area contributed by atoms with Gasteiger partial charge in [-0.05, 0) is 44.2 Å². The largest absolute Gasteiger partial charge is 0.355 e. The zero-order valence-electron chi connectivity index (χ0n) is 19.1. The van der Waals surface area contributed by atoms with Crippen molar-refractivity contribution < 1.29 is 0 Å². The summed E-state index contributed by atoms with van der Waals surface area (Å²) < 4.78 is 1.78. The number of rotatable bonds is 3. The van der Waals surface area contributed by atoms with Gasteiger partial charge < -0.3 is 15.5 Å². The molecule has 2 saturated heterocycles. The standard InChI is InChI=1S/C24H39N7/c1-30-18-22(16-27-30)28-24-26-15-13-23(29-24)31-17-20-10-8-6-4-2-3-5-7-9-14-25-21(19-31)12-11-20/h13,15-16,18,20-21,25H,2-12,14,17,19H2,1H3,(H,26,28,29)/t20-,21+/m0/s1. The van der Waals surface area contributed by atoms with Crippen LogP contribution in [0.4, 0.5) is 17.5 Å². The third-order valence-corrected chi connectivity index (χ3v) is 6.74. The van der Waals surface area contributed by atoms with Crippen LogP contribution in [0, 0.1) is 5.92 Å². The minimum Gasteiger partial charge on any atom is -0.355 e. The molecule has 2 atom stereocenters. The highest BCUT2D eigenvalue weighted by Crippen LogP contribution is 2.26. The summed E-state index contributed by atoms with van der Waals surface area (Å²) in [5.74, 6) is 2.42. The van der Waals surface area contributed by atoms with Gasteiger partial charge in [0.1, 0.15) is 5.82 Å². The molecule has 2 aliphatic rings. The van der Waals surface area contributed by atoms with Crippen LogP contribution in [0.25, 0.3) is 0 Å². The summed E-state index contributed by atoms with van der Waals surface area (Å²) in [7, 11) is 1.91. The lowest BCUT2D eigenvalue weighted by Crippen LogP contribution is -2.41. The summed E-state index contributed by atoms with van der Waals surface area (Å²) in [5.41, 5.74) is 0.911. The van der Waals surface area contributed by atoms with Crippen LogP contribution in [-0.4, -0.2) is 45.4 Å². The van der Waals surface area contributed by atoms with Gasteiger partial charge >= 0.3 is 0 Å². The van der Waals surface area contributed by atoms with Crippen LogP contribution in [-0.2, 0) is 7.05 Å². The Hall–Kier alpha value is -2.15. The lowest BCUT2D eigenvalue weighted by atomic mass is 9.95. The Labute approximate surface area is 187 Å². The second-order valence-electron chi connectivity index (χ2n) is 9.38. The van der Waals surface area contributed by atoms with Gasteiger partial charge in [0.2, 0.25) is 5.95 Å². The first-order valence-electron chi connectivity index (χ1n) is 12.3. The van der Waals surface area contributed by atoms with E-state index in [0.29, 0.717) is 12.0 Å². The minimum absolute atomic E-state index is 0.542. The molecule has 0 unspecified atom stereocenters. The number of nitrogens with zero attached hydrogens (tertiary/aromatic N) is 5. The van der Waals surface area contributed by atoms with E-state index in [4.69, 9.17) is 4.98 Å². The second-order valence-corrected chi connectivity index (χ2v) is 9.38. The SMILES string of the molecule is Cn1cc(Nc2nccc(N3C[C@H]4CCCCCCCCCCN[C@H](CC4)C3)n2)cn1. The molecule has 2 aliphatic heterocycles. The van der Waals surface area contributed by atoms with E-state index in [9.17, 15) is 0 Å². The summed E-state index contributed by atoms with van der Waals surface area (Å²) in [6.07, 6.45) is 20.6. The van der Waals surface area contributed by atoms with Crippen LogP contribution in [0.15, 0.2) is 24.7 Å². The summed E-state index contributed by atoms with van der Waals surface area (Å²) in [6.45, 7) is 3.27. The van der Waals surface area contributed by atoms with E-state index in [0.717, 1.165) is 37.1 Å². The lowest BCUT2D eigenvalue weighted by molar-refractivity contribution is 0.417. The molecule has 170 valence electrons. The Morgan fingerprint density at radius 1 is 0.968 bits per heavy atom. The van der Waals surface area contributed by atoms with Crippen LogP contribution in [0.3, 0.4) is 0 Å². The van der Waals surface area contributed by atoms with E-state index in [2.05, 4.69) is 31.7 Å². The van der Waals surface area contributed by atoms with Gasteiger partial charge in [-0.15, -0.1) is 0 Å². The molecule has 2 N–H and O–H groups in total. The number of anilines is 3. The molecular weight excluding hydrogens is 386 g/mol. The van der Waals surface area contributed by atoms with Crippen LogP contribution < -0.4 is 15.5 Å². The molecule has 0 saturated carbocycles. The first-order valence-corrected chi connectivity index (χ1v) is 12.3. The summed E-state index contributed by atoms with van der Waals surface area (Å²) in [5, 5.41) is 11.4. The van der Waals surface area contributed by atoms with Crippen molar-refractivity contribution in [1.82, 2.24) is 25.1 Å². The molecule has 7 heteroatoms. The average molecular weight is 426 g/mol. The van der Waals surface area contributed by atoms with Crippen molar-refractivity contribution in [1.29, 1.82) is 0 Å². The van der Waals surface area contributed by atoms with Crippen molar-refractivity contribution in [3.05, 3.63) is 24.7 Å². The maximum atomic E-state index is 4.87. The van der Waals surface area contributed by atoms with Gasteiger partial charge in [0, 0.05) is 38.6 Å². The molecule has 0 spiro atoms. The predicted molar refractivity (Wildman–Crippen MR) is 127 cm³/mol. The number of hydrogen-bond acceptors (Lipinski definition) is 6. The van der Waals surface area contributed by atoms with Crippen molar-refractivity contribution >= 4 is 17.5 Å². The molecule has 31 heavy (non-hydrogen) atoms. The van der Waals surface area contributed by atoms with Crippen molar-refractivity contribution in [2.75, 3.05) is 29.9 Å². The lowest BCUT2D eigenvalue weighted by Gasteiger charge is -2.28. The Kier molecular flexibility index (Phi) is 8.16. The van der Waals surface area contributed by atoms with Crippen LogP contribution in [0.5, 0.6) is 0 Å². The van der Waals surface area contributed by atoms with Gasteiger partial charge in [-0.25, -0.2) is 4.98 Å². The zero-order chi connectivity index (χ0) is 21.3. The highest BCUT2D eigenvalue weighted by Gasteiger charge is 2.25. The maximum Gasteiger partial charge on any atom is 0.229 e. The van der Waals surface area contributed by atoms with E-state index in [1.165, 1.54) is 70.6 Å². The highest BCUT2D eigenvalue weighted by molar-refractivity contribution is 5.53. The number of hydrogen-bond donors (Lipinski definition) is 2. The van der Waals surface area contributed by atoms with Crippen molar-refractivity contribution in [2.45, 2.75) is 76.7 Å². The Balaban J connectivity index is 1.46. The molecule has 4 rings (SSSR count). The molecule has 2 fully saturated rings. The highest BCUT2D eigenvalue weighted by atomic mass is 15.3. The molecule has 0 amide bonds. The van der Waals surface area contributed by atoms with Gasteiger partial charge in [0.25, 0.3) is 0 Å². The molecule has 0 radical (unpaired) electrons. The molecule has 0 aromatic carbocycles. The third kappa shape index (κ3) is 6.92. The molecule has 2 aromatic heterocycles. The van der Waals surface area contributed by atoms with Crippen molar-refractivity contribution in [3.63, 3.8) is 0 Å². The number of aromatic nitrogens is 4. The second kappa shape index (κ2) is 11.5.